The molecular weight excluding hydrogens is 320 g/mol. The Hall–Kier alpha value is -2.65. The molecule has 0 aromatic heterocycles. The first-order valence-electron chi connectivity index (χ1n) is 9.34. The number of likely N-dealkylation sites (tertiary alicyclic amines) is 1. The Labute approximate surface area is 154 Å². The molecule has 3 aromatic rings. The highest BCUT2D eigenvalue weighted by molar-refractivity contribution is 5.95. The van der Waals surface area contributed by atoms with E-state index in [0.717, 1.165) is 37.0 Å². The molecule has 26 heavy (non-hydrogen) atoms. The van der Waals surface area contributed by atoms with Gasteiger partial charge < -0.3 is 5.32 Å². The van der Waals surface area contributed by atoms with Crippen LogP contribution in [0.5, 0.6) is 0 Å². The summed E-state index contributed by atoms with van der Waals surface area (Å²) < 4.78 is 0. The number of piperidine rings is 1. The van der Waals surface area contributed by atoms with Gasteiger partial charge >= 0.3 is 0 Å². The smallest absolute Gasteiger partial charge is 0.238 e. The summed E-state index contributed by atoms with van der Waals surface area (Å²) in [4.78, 5) is 14.7. The van der Waals surface area contributed by atoms with Crippen LogP contribution in [0, 0.1) is 0 Å². The quantitative estimate of drug-likeness (QED) is 0.747. The summed E-state index contributed by atoms with van der Waals surface area (Å²) in [5.74, 6) is 0.689. The van der Waals surface area contributed by atoms with E-state index in [1.54, 1.807) is 0 Å². The number of carbonyl (C=O) groups is 1. The van der Waals surface area contributed by atoms with Crippen molar-refractivity contribution in [3.8, 4) is 0 Å². The van der Waals surface area contributed by atoms with Gasteiger partial charge in [0.25, 0.3) is 0 Å². The standard InChI is InChI=1S/C23H24N2O/c26-23(24-22-11-10-19-8-4-5-9-21(19)16-22)17-25-14-12-20(13-15-25)18-6-2-1-3-7-18/h1-11,16,20H,12-15,17H2,(H,24,26). The van der Waals surface area contributed by atoms with Crippen LogP contribution in [-0.2, 0) is 4.79 Å². The van der Waals surface area contributed by atoms with Crippen molar-refractivity contribution < 1.29 is 4.79 Å². The summed E-state index contributed by atoms with van der Waals surface area (Å²) in [6.07, 6.45) is 2.24. The van der Waals surface area contributed by atoms with Gasteiger partial charge in [-0.05, 0) is 60.3 Å². The molecular formula is C23H24N2O. The number of anilines is 1. The minimum absolute atomic E-state index is 0.0680. The Morgan fingerprint density at radius 2 is 1.58 bits per heavy atom. The SMILES string of the molecule is O=C(CN1CCC(c2ccccc2)CC1)Nc1ccc2ccccc2c1. The number of nitrogens with zero attached hydrogens (tertiary/aromatic N) is 1. The maximum absolute atomic E-state index is 12.4. The Balaban J connectivity index is 1.31. The Kier molecular flexibility index (Phi) is 4.98. The fourth-order valence-corrected chi connectivity index (χ4v) is 3.82. The maximum atomic E-state index is 12.4. The van der Waals surface area contributed by atoms with E-state index in [1.165, 1.54) is 10.9 Å². The minimum Gasteiger partial charge on any atom is -0.325 e. The molecule has 3 heteroatoms. The molecule has 0 atom stereocenters. The van der Waals surface area contributed by atoms with Gasteiger partial charge in [-0.1, -0.05) is 60.7 Å². The molecule has 3 aromatic carbocycles. The van der Waals surface area contributed by atoms with Crippen LogP contribution in [0.3, 0.4) is 0 Å². The molecule has 0 aliphatic carbocycles. The molecule has 0 bridgehead atoms. The number of rotatable bonds is 4. The third-order valence-electron chi connectivity index (χ3n) is 5.26. The van der Waals surface area contributed by atoms with E-state index in [4.69, 9.17) is 0 Å². The van der Waals surface area contributed by atoms with Gasteiger partial charge in [0.15, 0.2) is 0 Å². The fraction of sp³-hybridized carbons (Fsp3) is 0.261. The predicted molar refractivity (Wildman–Crippen MR) is 107 cm³/mol. The normalized spacial score (nSPS) is 15.8. The molecule has 4 rings (SSSR count). The molecule has 1 N–H and O–H groups in total. The average molecular weight is 344 g/mol. The van der Waals surface area contributed by atoms with E-state index >= 15 is 0 Å². The van der Waals surface area contributed by atoms with Crippen LogP contribution in [0.15, 0.2) is 72.8 Å². The van der Waals surface area contributed by atoms with Crippen molar-refractivity contribution in [2.75, 3.05) is 25.0 Å². The lowest BCUT2D eigenvalue weighted by Crippen LogP contribution is -2.38. The lowest BCUT2D eigenvalue weighted by molar-refractivity contribution is -0.117. The highest BCUT2D eigenvalue weighted by Crippen LogP contribution is 2.27. The molecule has 0 unspecified atom stereocenters. The van der Waals surface area contributed by atoms with Gasteiger partial charge in [0.05, 0.1) is 6.54 Å². The number of amides is 1. The van der Waals surface area contributed by atoms with Gasteiger partial charge in [-0.3, -0.25) is 9.69 Å². The summed E-state index contributed by atoms with van der Waals surface area (Å²) >= 11 is 0. The molecule has 1 saturated heterocycles. The predicted octanol–water partition coefficient (Wildman–Crippen LogP) is 4.66. The van der Waals surface area contributed by atoms with Gasteiger partial charge in [0, 0.05) is 5.69 Å². The van der Waals surface area contributed by atoms with E-state index in [-0.39, 0.29) is 5.91 Å². The zero-order chi connectivity index (χ0) is 17.8. The number of nitrogens with one attached hydrogen (secondary N) is 1. The topological polar surface area (TPSA) is 32.3 Å². The molecule has 0 radical (unpaired) electrons. The molecule has 0 spiro atoms. The zero-order valence-corrected chi connectivity index (χ0v) is 14.9. The molecule has 1 aliphatic rings. The highest BCUT2D eigenvalue weighted by Gasteiger charge is 2.21. The Morgan fingerprint density at radius 3 is 2.35 bits per heavy atom. The second-order valence-electron chi connectivity index (χ2n) is 7.07. The average Bonchev–Trinajstić information content (AvgIpc) is 2.69. The Morgan fingerprint density at radius 1 is 0.885 bits per heavy atom. The van der Waals surface area contributed by atoms with Crippen molar-refractivity contribution in [1.29, 1.82) is 0 Å². The molecule has 1 amide bonds. The fourth-order valence-electron chi connectivity index (χ4n) is 3.82. The van der Waals surface area contributed by atoms with Crippen molar-refractivity contribution >= 4 is 22.4 Å². The van der Waals surface area contributed by atoms with Crippen LogP contribution in [0.2, 0.25) is 0 Å². The third-order valence-corrected chi connectivity index (χ3v) is 5.26. The lowest BCUT2D eigenvalue weighted by Gasteiger charge is -2.31. The monoisotopic (exact) mass is 344 g/mol. The second kappa shape index (κ2) is 7.71. The van der Waals surface area contributed by atoms with Crippen molar-refractivity contribution in [3.63, 3.8) is 0 Å². The van der Waals surface area contributed by atoms with Crippen LogP contribution in [0.1, 0.15) is 24.3 Å². The van der Waals surface area contributed by atoms with Crippen molar-refractivity contribution in [3.05, 3.63) is 78.4 Å². The molecule has 1 fully saturated rings. The summed E-state index contributed by atoms with van der Waals surface area (Å²) in [6, 6.07) is 25.0. The summed E-state index contributed by atoms with van der Waals surface area (Å²) in [7, 11) is 0. The Bertz CT molecular complexity index is 883. The van der Waals surface area contributed by atoms with Gasteiger partial charge in [-0.25, -0.2) is 0 Å². The van der Waals surface area contributed by atoms with E-state index in [0.29, 0.717) is 12.5 Å². The molecule has 1 heterocycles. The molecule has 1 aliphatic heterocycles. The van der Waals surface area contributed by atoms with Crippen LogP contribution < -0.4 is 5.32 Å². The highest BCUT2D eigenvalue weighted by atomic mass is 16.2. The first-order valence-corrected chi connectivity index (χ1v) is 9.34. The van der Waals surface area contributed by atoms with Crippen molar-refractivity contribution in [2.45, 2.75) is 18.8 Å². The van der Waals surface area contributed by atoms with E-state index in [9.17, 15) is 4.79 Å². The minimum atomic E-state index is 0.0680. The van der Waals surface area contributed by atoms with Crippen LogP contribution in [-0.4, -0.2) is 30.4 Å². The molecule has 132 valence electrons. The van der Waals surface area contributed by atoms with Crippen LogP contribution in [0.4, 0.5) is 5.69 Å². The van der Waals surface area contributed by atoms with Gasteiger partial charge in [-0.15, -0.1) is 0 Å². The third kappa shape index (κ3) is 3.94. The van der Waals surface area contributed by atoms with E-state index in [1.807, 2.05) is 24.3 Å². The number of hydrogen-bond acceptors (Lipinski definition) is 2. The summed E-state index contributed by atoms with van der Waals surface area (Å²) in [6.45, 7) is 2.42. The summed E-state index contributed by atoms with van der Waals surface area (Å²) in [5.41, 5.74) is 2.29. The van der Waals surface area contributed by atoms with E-state index in [2.05, 4.69) is 58.7 Å². The van der Waals surface area contributed by atoms with Crippen LogP contribution >= 0.6 is 0 Å². The lowest BCUT2D eigenvalue weighted by atomic mass is 9.89. The van der Waals surface area contributed by atoms with E-state index < -0.39 is 0 Å². The first kappa shape index (κ1) is 16.8. The van der Waals surface area contributed by atoms with Crippen molar-refractivity contribution in [1.82, 2.24) is 4.90 Å². The number of fused-ring (bicyclic) bond motifs is 1. The maximum Gasteiger partial charge on any atom is 0.238 e. The van der Waals surface area contributed by atoms with Crippen molar-refractivity contribution in [2.24, 2.45) is 0 Å². The largest absolute Gasteiger partial charge is 0.325 e. The molecule has 0 saturated carbocycles. The zero-order valence-electron chi connectivity index (χ0n) is 14.9. The first-order chi connectivity index (χ1) is 12.8. The number of carbonyl (C=O) groups excluding carboxylic acids is 1. The van der Waals surface area contributed by atoms with Gasteiger partial charge in [0.2, 0.25) is 5.91 Å². The van der Waals surface area contributed by atoms with Gasteiger partial charge in [-0.2, -0.15) is 0 Å². The van der Waals surface area contributed by atoms with Crippen LogP contribution in [0.25, 0.3) is 10.8 Å². The number of hydrogen-bond donors (Lipinski definition) is 1. The van der Waals surface area contributed by atoms with Gasteiger partial charge in [0.1, 0.15) is 0 Å². The number of benzene rings is 3. The second-order valence-corrected chi connectivity index (χ2v) is 7.07. The summed E-state index contributed by atoms with van der Waals surface area (Å²) in [5, 5.41) is 5.38. The molecule has 3 nitrogen and oxygen atoms in total.